The van der Waals surface area contributed by atoms with Gasteiger partial charge in [-0.05, 0) is 24.4 Å². The third-order valence-corrected chi connectivity index (χ3v) is 3.86. The predicted octanol–water partition coefficient (Wildman–Crippen LogP) is 4.47. The van der Waals surface area contributed by atoms with Gasteiger partial charge in [-0.3, -0.25) is 40.5 Å². The summed E-state index contributed by atoms with van der Waals surface area (Å²) in [6.45, 7) is 1.27. The molecular formula is C17H12N4O8. The molecule has 0 amide bonds. The van der Waals surface area contributed by atoms with Crippen molar-refractivity contribution in [1.29, 1.82) is 0 Å². The van der Waals surface area contributed by atoms with Crippen LogP contribution in [0.5, 0.6) is 0 Å². The second-order valence-corrected chi connectivity index (χ2v) is 5.63. The molecule has 0 N–H and O–H groups in total. The molecule has 0 unspecified atom stereocenters. The van der Waals surface area contributed by atoms with Crippen LogP contribution in [0.3, 0.4) is 0 Å². The Morgan fingerprint density at radius 1 is 0.586 bits per heavy atom. The van der Waals surface area contributed by atoms with Crippen molar-refractivity contribution >= 4 is 33.5 Å². The molecule has 12 nitrogen and oxygen atoms in total. The number of benzene rings is 3. The second-order valence-electron chi connectivity index (χ2n) is 5.63. The molecule has 148 valence electrons. The highest BCUT2D eigenvalue weighted by molar-refractivity contribution is 5.90. The molecule has 0 aromatic heterocycles. The Morgan fingerprint density at radius 3 is 1.69 bits per heavy atom. The van der Waals surface area contributed by atoms with E-state index in [0.717, 1.165) is 17.5 Å². The zero-order valence-electron chi connectivity index (χ0n) is 14.8. The first-order valence-electron chi connectivity index (χ1n) is 7.84. The summed E-state index contributed by atoms with van der Waals surface area (Å²) in [5.74, 6) is 0. The highest BCUT2D eigenvalue weighted by Crippen LogP contribution is 2.38. The van der Waals surface area contributed by atoms with Crippen molar-refractivity contribution in [3.05, 3.63) is 101 Å². The summed E-state index contributed by atoms with van der Waals surface area (Å²) < 4.78 is 0. The van der Waals surface area contributed by atoms with Crippen LogP contribution >= 0.6 is 0 Å². The molecule has 0 aliphatic heterocycles. The zero-order chi connectivity index (χ0) is 21.7. The molecule has 29 heavy (non-hydrogen) atoms. The van der Waals surface area contributed by atoms with Gasteiger partial charge >= 0.3 is 17.1 Å². The third kappa shape index (κ3) is 4.44. The number of nitrogens with zero attached hydrogens (tertiary/aromatic N) is 4. The number of hydrogen-bond donors (Lipinski definition) is 0. The Morgan fingerprint density at radius 2 is 1.14 bits per heavy atom. The van der Waals surface area contributed by atoms with Crippen molar-refractivity contribution in [2.24, 2.45) is 0 Å². The molecule has 3 rings (SSSR count). The third-order valence-electron chi connectivity index (χ3n) is 3.86. The molecule has 0 radical (unpaired) electrons. The Balaban J connectivity index is 0.000000211. The maximum absolute atomic E-state index is 10.6. The van der Waals surface area contributed by atoms with E-state index in [-0.39, 0.29) is 16.2 Å². The number of aryl methyl sites for hydroxylation is 1. The maximum atomic E-state index is 10.6. The Kier molecular flexibility index (Phi) is 6.09. The highest BCUT2D eigenvalue weighted by atomic mass is 16.6. The molecule has 0 heterocycles. The monoisotopic (exact) mass is 400 g/mol. The minimum absolute atomic E-state index is 0.00213. The summed E-state index contributed by atoms with van der Waals surface area (Å²) >= 11 is 0. The van der Waals surface area contributed by atoms with Gasteiger partial charge in [0.15, 0.2) is 0 Å². The number of rotatable bonds is 4. The van der Waals surface area contributed by atoms with Crippen LogP contribution in [-0.4, -0.2) is 19.7 Å². The van der Waals surface area contributed by atoms with Crippen LogP contribution in [0.15, 0.2) is 54.6 Å². The Labute approximate surface area is 161 Å². The standard InChI is InChI=1S/C10H7NO2.C7H5N3O6/c12-11(13)10-7-3-5-8-4-1-2-6-9(8)10;1-4-2-3-5(8(11)12)7(10(15)16)6(4)9(13)14/h1-7H;2-3H,1H3. The molecule has 3 aromatic carbocycles. The van der Waals surface area contributed by atoms with Crippen molar-refractivity contribution in [1.82, 2.24) is 0 Å². The van der Waals surface area contributed by atoms with E-state index in [0.29, 0.717) is 5.39 Å². The van der Waals surface area contributed by atoms with Crippen molar-refractivity contribution in [2.45, 2.75) is 6.92 Å². The van der Waals surface area contributed by atoms with Crippen LogP contribution < -0.4 is 0 Å². The van der Waals surface area contributed by atoms with Gasteiger partial charge in [-0.25, -0.2) is 0 Å². The number of nitro groups is 4. The van der Waals surface area contributed by atoms with Crippen LogP contribution in [0.2, 0.25) is 0 Å². The fourth-order valence-electron chi connectivity index (χ4n) is 2.60. The van der Waals surface area contributed by atoms with Gasteiger partial charge in [0.25, 0.3) is 5.69 Å². The first-order chi connectivity index (χ1) is 13.6. The number of nitro benzene ring substituents is 4. The normalized spacial score (nSPS) is 9.97. The van der Waals surface area contributed by atoms with Crippen LogP contribution in [0.4, 0.5) is 22.7 Å². The average Bonchev–Trinajstić information content (AvgIpc) is 2.67. The molecule has 12 heteroatoms. The van der Waals surface area contributed by atoms with Crippen LogP contribution in [0.25, 0.3) is 10.8 Å². The molecule has 0 bridgehead atoms. The number of fused-ring (bicyclic) bond motifs is 1. The lowest BCUT2D eigenvalue weighted by Gasteiger charge is -1.98. The fourth-order valence-corrected chi connectivity index (χ4v) is 2.60. The van der Waals surface area contributed by atoms with Crippen LogP contribution in [0, 0.1) is 47.4 Å². The van der Waals surface area contributed by atoms with Crippen molar-refractivity contribution < 1.29 is 19.7 Å². The molecule has 0 aliphatic rings. The molecule has 0 saturated heterocycles. The first kappa shape index (κ1) is 20.8. The smallest absolute Gasteiger partial charge is 0.258 e. The predicted molar refractivity (Wildman–Crippen MR) is 102 cm³/mol. The molecule has 0 aliphatic carbocycles. The second kappa shape index (κ2) is 8.47. The average molecular weight is 400 g/mol. The topological polar surface area (TPSA) is 173 Å². The van der Waals surface area contributed by atoms with Gasteiger partial charge < -0.3 is 0 Å². The van der Waals surface area contributed by atoms with Gasteiger partial charge in [0.1, 0.15) is 0 Å². The molecule has 0 spiro atoms. The molecule has 0 fully saturated rings. The Bertz CT molecular complexity index is 1140. The molecule has 0 atom stereocenters. The first-order valence-corrected chi connectivity index (χ1v) is 7.84. The summed E-state index contributed by atoms with van der Waals surface area (Å²) in [5, 5.41) is 43.9. The van der Waals surface area contributed by atoms with Crippen molar-refractivity contribution in [2.75, 3.05) is 0 Å². The largest absolute Gasteiger partial charge is 0.422 e. The Hall–Kier alpha value is -4.48. The lowest BCUT2D eigenvalue weighted by molar-refractivity contribution is -0.441. The van der Waals surface area contributed by atoms with E-state index in [1.54, 1.807) is 18.2 Å². The molecular weight excluding hydrogens is 388 g/mol. The fraction of sp³-hybridized carbons (Fsp3) is 0.0588. The van der Waals surface area contributed by atoms with Gasteiger partial charge in [0.2, 0.25) is 0 Å². The van der Waals surface area contributed by atoms with Gasteiger partial charge in [0, 0.05) is 17.7 Å². The van der Waals surface area contributed by atoms with E-state index < -0.39 is 31.8 Å². The summed E-state index contributed by atoms with van der Waals surface area (Å²) in [7, 11) is 0. The highest BCUT2D eigenvalue weighted by Gasteiger charge is 2.37. The van der Waals surface area contributed by atoms with Crippen LogP contribution in [0.1, 0.15) is 5.56 Å². The van der Waals surface area contributed by atoms with Gasteiger partial charge in [-0.15, -0.1) is 0 Å². The summed E-state index contributed by atoms with van der Waals surface area (Å²) in [4.78, 5) is 38.8. The minimum Gasteiger partial charge on any atom is -0.258 e. The van der Waals surface area contributed by atoms with E-state index >= 15 is 0 Å². The molecule has 0 saturated carbocycles. The zero-order valence-corrected chi connectivity index (χ0v) is 14.8. The van der Waals surface area contributed by atoms with E-state index in [9.17, 15) is 40.5 Å². The van der Waals surface area contributed by atoms with E-state index in [2.05, 4.69) is 0 Å². The SMILES string of the molecule is Cc1ccc([N+](=O)[O-])c([N+](=O)[O-])c1[N+](=O)[O-].O=[N+]([O-])c1cccc2ccccc12. The minimum atomic E-state index is -1.12. The maximum Gasteiger partial charge on any atom is 0.422 e. The summed E-state index contributed by atoms with van der Waals surface area (Å²) in [5.41, 5.74) is -2.66. The van der Waals surface area contributed by atoms with Crippen molar-refractivity contribution in [3.8, 4) is 0 Å². The van der Waals surface area contributed by atoms with Crippen molar-refractivity contribution in [3.63, 3.8) is 0 Å². The molecule has 3 aromatic rings. The summed E-state index contributed by atoms with van der Waals surface area (Å²) in [6, 6.07) is 14.3. The number of hydrogen-bond acceptors (Lipinski definition) is 8. The lowest BCUT2D eigenvalue weighted by Crippen LogP contribution is -2.02. The quantitative estimate of drug-likeness (QED) is 0.455. The van der Waals surface area contributed by atoms with Gasteiger partial charge in [-0.1, -0.05) is 30.3 Å². The lowest BCUT2D eigenvalue weighted by atomic mass is 10.1. The van der Waals surface area contributed by atoms with Gasteiger partial charge in [0.05, 0.1) is 25.1 Å². The van der Waals surface area contributed by atoms with Gasteiger partial charge in [-0.2, -0.15) is 0 Å². The summed E-state index contributed by atoms with van der Waals surface area (Å²) in [6.07, 6.45) is 0. The van der Waals surface area contributed by atoms with Crippen LogP contribution in [-0.2, 0) is 0 Å². The number of non-ortho nitro benzene ring substituents is 1. The van der Waals surface area contributed by atoms with E-state index in [4.69, 9.17) is 0 Å². The van der Waals surface area contributed by atoms with E-state index in [1.807, 2.05) is 18.2 Å². The van der Waals surface area contributed by atoms with E-state index in [1.165, 1.54) is 13.0 Å².